The summed E-state index contributed by atoms with van der Waals surface area (Å²) in [4.78, 5) is 25.6. The van der Waals surface area contributed by atoms with Crippen LogP contribution in [0, 0.1) is 6.92 Å². The molecule has 2 aliphatic heterocycles. The molecule has 0 aromatic heterocycles. The Bertz CT molecular complexity index is 1270. The Balaban J connectivity index is 1.98. The lowest BCUT2D eigenvalue weighted by molar-refractivity contribution is 0.0600. The van der Waals surface area contributed by atoms with E-state index in [4.69, 9.17) is 21.1 Å². The second kappa shape index (κ2) is 7.68. The second-order valence-electron chi connectivity index (χ2n) is 6.68. The smallest absolute Gasteiger partial charge is 0.341 e. The molecule has 0 fully saturated rings. The molecule has 0 N–H and O–H groups in total. The lowest BCUT2D eigenvalue weighted by atomic mass is 10.1. The first-order valence-corrected chi connectivity index (χ1v) is 9.45. The van der Waals surface area contributed by atoms with Crippen LogP contribution in [0.2, 0.25) is 5.02 Å². The molecular weight excluding hydrogens is 406 g/mol. The second-order valence-corrected chi connectivity index (χ2v) is 7.12. The number of methoxy groups -OCH3 is 2. The first kappa shape index (κ1) is 19.7. The van der Waals surface area contributed by atoms with E-state index in [1.807, 2.05) is 13.0 Å². The van der Waals surface area contributed by atoms with E-state index in [0.29, 0.717) is 16.5 Å². The SMILES string of the molecule is COC(=O)c1cn(-c2cc(Cl)ccc2C)cc2c(=O)n(-c3ccc(OC)cc3)nc1-2. The number of esters is 1. The quantitative estimate of drug-likeness (QED) is 0.465. The molecule has 0 amide bonds. The van der Waals surface area contributed by atoms with E-state index in [1.165, 1.54) is 11.8 Å². The van der Waals surface area contributed by atoms with Crippen LogP contribution in [0.3, 0.4) is 0 Å². The number of nitrogens with zero attached hydrogens (tertiary/aromatic N) is 3. The average molecular weight is 424 g/mol. The zero-order valence-electron chi connectivity index (χ0n) is 16.5. The van der Waals surface area contributed by atoms with Crippen LogP contribution in [0.5, 0.6) is 5.75 Å². The zero-order chi connectivity index (χ0) is 21.4. The Morgan fingerprint density at radius 3 is 2.47 bits per heavy atom. The monoisotopic (exact) mass is 423 g/mol. The molecule has 0 saturated carbocycles. The molecule has 2 aromatic rings. The maximum absolute atomic E-state index is 13.2. The van der Waals surface area contributed by atoms with E-state index in [1.54, 1.807) is 60.5 Å². The maximum atomic E-state index is 13.2. The van der Waals surface area contributed by atoms with E-state index in [-0.39, 0.29) is 22.4 Å². The Hall–Kier alpha value is -3.58. The summed E-state index contributed by atoms with van der Waals surface area (Å²) in [7, 11) is 2.85. The first-order valence-electron chi connectivity index (χ1n) is 9.07. The van der Waals surface area contributed by atoms with Crippen molar-refractivity contribution < 1.29 is 14.3 Å². The average Bonchev–Trinajstić information content (AvgIpc) is 3.10. The van der Waals surface area contributed by atoms with Gasteiger partial charge in [-0.1, -0.05) is 17.7 Å². The van der Waals surface area contributed by atoms with Gasteiger partial charge in [-0.25, -0.2) is 4.79 Å². The predicted octanol–water partition coefficient (Wildman–Crippen LogP) is 3.89. The summed E-state index contributed by atoms with van der Waals surface area (Å²) >= 11 is 6.16. The molecule has 0 atom stereocenters. The third-order valence-corrected chi connectivity index (χ3v) is 5.08. The number of benzene rings is 2. The number of hydrogen-bond acceptors (Lipinski definition) is 5. The van der Waals surface area contributed by atoms with Crippen molar-refractivity contribution in [1.29, 1.82) is 0 Å². The summed E-state index contributed by atoms with van der Waals surface area (Å²) in [6.45, 7) is 1.92. The molecule has 0 aliphatic carbocycles. The van der Waals surface area contributed by atoms with Crippen LogP contribution in [0.1, 0.15) is 15.9 Å². The summed E-state index contributed by atoms with van der Waals surface area (Å²) in [6.07, 6.45) is 3.24. The van der Waals surface area contributed by atoms with Crippen LogP contribution in [-0.2, 0) is 4.74 Å². The Kier molecular flexibility index (Phi) is 5.05. The van der Waals surface area contributed by atoms with E-state index in [0.717, 1.165) is 11.3 Å². The van der Waals surface area contributed by atoms with Crippen molar-refractivity contribution in [2.45, 2.75) is 6.92 Å². The van der Waals surface area contributed by atoms with Gasteiger partial charge < -0.3 is 14.0 Å². The summed E-state index contributed by atoms with van der Waals surface area (Å²) < 4.78 is 13.0. The zero-order valence-corrected chi connectivity index (χ0v) is 17.3. The molecule has 2 aliphatic rings. The van der Waals surface area contributed by atoms with Crippen molar-refractivity contribution in [2.75, 3.05) is 14.2 Å². The van der Waals surface area contributed by atoms with Gasteiger partial charge in [0, 0.05) is 23.1 Å². The fourth-order valence-electron chi connectivity index (χ4n) is 3.26. The van der Waals surface area contributed by atoms with E-state index >= 15 is 0 Å². The number of pyridine rings is 1. The third-order valence-electron chi connectivity index (χ3n) is 4.84. The van der Waals surface area contributed by atoms with Gasteiger partial charge in [0.15, 0.2) is 0 Å². The Labute approximate surface area is 177 Å². The van der Waals surface area contributed by atoms with Gasteiger partial charge >= 0.3 is 5.97 Å². The van der Waals surface area contributed by atoms with Crippen LogP contribution in [0.4, 0.5) is 0 Å². The minimum Gasteiger partial charge on any atom is -0.497 e. The number of ether oxygens (including phenoxy) is 2. The minimum atomic E-state index is -0.589. The maximum Gasteiger partial charge on any atom is 0.341 e. The number of halogens is 1. The molecular formula is C22H18ClN3O4. The van der Waals surface area contributed by atoms with E-state index in [9.17, 15) is 9.59 Å². The normalized spacial score (nSPS) is 10.9. The molecule has 2 heterocycles. The Morgan fingerprint density at radius 1 is 1.07 bits per heavy atom. The van der Waals surface area contributed by atoms with Crippen LogP contribution in [0.25, 0.3) is 22.6 Å². The fraction of sp³-hybridized carbons (Fsp3) is 0.136. The van der Waals surface area contributed by atoms with Gasteiger partial charge in [-0.15, -0.1) is 0 Å². The van der Waals surface area contributed by atoms with Crippen molar-refractivity contribution >= 4 is 17.6 Å². The lowest BCUT2D eigenvalue weighted by Gasteiger charge is -2.14. The van der Waals surface area contributed by atoms with Gasteiger partial charge in [-0.2, -0.15) is 9.78 Å². The summed E-state index contributed by atoms with van der Waals surface area (Å²) in [6, 6.07) is 12.3. The first-order chi connectivity index (χ1) is 14.4. The number of hydrogen-bond donors (Lipinski definition) is 0. The molecule has 4 rings (SSSR count). The van der Waals surface area contributed by atoms with Gasteiger partial charge in [0.1, 0.15) is 17.0 Å². The topological polar surface area (TPSA) is 75.3 Å². The van der Waals surface area contributed by atoms with Gasteiger partial charge in [-0.05, 0) is 48.9 Å². The van der Waals surface area contributed by atoms with Crippen molar-refractivity contribution in [1.82, 2.24) is 14.3 Å². The van der Waals surface area contributed by atoms with Gasteiger partial charge in [0.2, 0.25) is 0 Å². The number of aryl methyl sites for hydroxylation is 1. The molecule has 0 bridgehead atoms. The predicted molar refractivity (Wildman–Crippen MR) is 113 cm³/mol. The number of rotatable bonds is 4. The summed E-state index contributed by atoms with van der Waals surface area (Å²) in [5.74, 6) is 0.0702. The molecule has 7 nitrogen and oxygen atoms in total. The molecule has 2 aromatic carbocycles. The highest BCUT2D eigenvalue weighted by Gasteiger charge is 2.25. The van der Waals surface area contributed by atoms with Crippen molar-refractivity contribution in [2.24, 2.45) is 0 Å². The molecule has 8 heteroatoms. The number of carbonyl (C=O) groups is 1. The number of carbonyl (C=O) groups excluding carboxylic acids is 1. The largest absolute Gasteiger partial charge is 0.497 e. The highest BCUT2D eigenvalue weighted by Crippen LogP contribution is 2.27. The van der Waals surface area contributed by atoms with Gasteiger partial charge in [0.05, 0.1) is 25.5 Å². The van der Waals surface area contributed by atoms with Crippen molar-refractivity contribution in [3.8, 4) is 28.4 Å². The van der Waals surface area contributed by atoms with Crippen LogP contribution in [0.15, 0.2) is 59.7 Å². The molecule has 0 radical (unpaired) electrons. The van der Waals surface area contributed by atoms with Gasteiger partial charge in [0.25, 0.3) is 5.56 Å². The van der Waals surface area contributed by atoms with Crippen LogP contribution >= 0.6 is 11.6 Å². The minimum absolute atomic E-state index is 0.179. The van der Waals surface area contributed by atoms with E-state index in [2.05, 4.69) is 5.10 Å². The highest BCUT2D eigenvalue weighted by molar-refractivity contribution is 6.30. The van der Waals surface area contributed by atoms with Crippen LogP contribution in [-0.4, -0.2) is 34.5 Å². The van der Waals surface area contributed by atoms with Crippen molar-refractivity contribution in [3.05, 3.63) is 81.4 Å². The highest BCUT2D eigenvalue weighted by atomic mass is 35.5. The van der Waals surface area contributed by atoms with Gasteiger partial charge in [-0.3, -0.25) is 4.79 Å². The Morgan fingerprint density at radius 2 is 1.80 bits per heavy atom. The third kappa shape index (κ3) is 3.33. The lowest BCUT2D eigenvalue weighted by Crippen LogP contribution is -2.15. The van der Waals surface area contributed by atoms with Crippen molar-refractivity contribution in [3.63, 3.8) is 0 Å². The van der Waals surface area contributed by atoms with E-state index < -0.39 is 5.97 Å². The molecule has 152 valence electrons. The molecule has 0 saturated heterocycles. The van der Waals surface area contributed by atoms with Crippen LogP contribution < -0.4 is 10.3 Å². The molecule has 30 heavy (non-hydrogen) atoms. The summed E-state index contributed by atoms with van der Waals surface area (Å²) in [5, 5.41) is 4.95. The standard InChI is InChI=1S/C22H18ClN3O4/c1-13-4-5-14(23)10-19(13)25-11-17-20(18(12-25)22(28)30-3)24-26(21(17)27)15-6-8-16(29-2)9-7-15/h4-12H,1-3H3. The number of fused-ring (bicyclic) bond motifs is 1. The summed E-state index contributed by atoms with van der Waals surface area (Å²) in [5.41, 5.74) is 2.60. The number of aromatic nitrogens is 3. The molecule has 0 spiro atoms. The fourth-order valence-corrected chi connectivity index (χ4v) is 3.43. The molecule has 0 unspecified atom stereocenters.